The van der Waals surface area contributed by atoms with Crippen molar-refractivity contribution in [2.45, 2.75) is 0 Å². The minimum Gasteiger partial charge on any atom is -0.431 e. The Labute approximate surface area is 62.9 Å². The number of benzene rings is 1. The van der Waals surface area contributed by atoms with Gasteiger partial charge in [0.2, 0.25) is 0 Å². The first-order valence-corrected chi connectivity index (χ1v) is 3.07. The van der Waals surface area contributed by atoms with Gasteiger partial charge in [-0.05, 0) is 12.1 Å². The SMILES string of the molecule is N#Cc1cccc2n[c]oc12. The summed E-state index contributed by atoms with van der Waals surface area (Å²) in [4.78, 5) is 3.78. The van der Waals surface area contributed by atoms with E-state index in [1.165, 1.54) is 0 Å². The van der Waals surface area contributed by atoms with E-state index in [1.54, 1.807) is 18.2 Å². The zero-order valence-corrected chi connectivity index (χ0v) is 5.53. The lowest BCUT2D eigenvalue weighted by Gasteiger charge is -1.86. The van der Waals surface area contributed by atoms with Crippen LogP contribution < -0.4 is 0 Å². The largest absolute Gasteiger partial charge is 0.431 e. The van der Waals surface area contributed by atoms with Gasteiger partial charge in [0, 0.05) is 0 Å². The van der Waals surface area contributed by atoms with E-state index < -0.39 is 0 Å². The molecule has 11 heavy (non-hydrogen) atoms. The van der Waals surface area contributed by atoms with Crippen molar-refractivity contribution < 1.29 is 4.42 Å². The third-order valence-electron chi connectivity index (χ3n) is 1.43. The molecular formula is C8H3N2O. The second-order valence-corrected chi connectivity index (χ2v) is 2.07. The molecule has 1 radical (unpaired) electrons. The van der Waals surface area contributed by atoms with Gasteiger partial charge in [0.15, 0.2) is 5.58 Å². The van der Waals surface area contributed by atoms with Gasteiger partial charge in [0.05, 0.1) is 5.56 Å². The first kappa shape index (κ1) is 5.93. The van der Waals surface area contributed by atoms with E-state index in [9.17, 15) is 0 Å². The lowest BCUT2D eigenvalue weighted by molar-refractivity contribution is 0.590. The minimum atomic E-state index is 0.497. The van der Waals surface area contributed by atoms with Gasteiger partial charge in [-0.3, -0.25) is 0 Å². The number of rotatable bonds is 0. The molecule has 2 rings (SSSR count). The van der Waals surface area contributed by atoms with Crippen molar-refractivity contribution in [3.05, 3.63) is 30.2 Å². The first-order chi connectivity index (χ1) is 5.42. The zero-order chi connectivity index (χ0) is 7.68. The number of nitriles is 1. The molecule has 1 aromatic carbocycles. The minimum absolute atomic E-state index is 0.497. The zero-order valence-electron chi connectivity index (χ0n) is 5.53. The molecular weight excluding hydrogens is 140 g/mol. The summed E-state index contributed by atoms with van der Waals surface area (Å²) >= 11 is 0. The van der Waals surface area contributed by atoms with E-state index in [-0.39, 0.29) is 0 Å². The standard InChI is InChI=1S/C8H3N2O/c9-4-6-2-1-3-7-8(6)11-5-10-7/h1-3H. The van der Waals surface area contributed by atoms with Gasteiger partial charge >= 0.3 is 0 Å². The molecule has 0 N–H and O–H groups in total. The maximum Gasteiger partial charge on any atom is 0.284 e. The topological polar surface area (TPSA) is 49.8 Å². The van der Waals surface area contributed by atoms with Crippen LogP contribution >= 0.6 is 0 Å². The highest BCUT2D eigenvalue weighted by atomic mass is 16.3. The van der Waals surface area contributed by atoms with Crippen molar-refractivity contribution in [3.63, 3.8) is 0 Å². The molecule has 0 aliphatic rings. The second kappa shape index (κ2) is 2.10. The predicted octanol–water partition coefficient (Wildman–Crippen LogP) is 1.50. The Bertz CT molecular complexity index is 425. The Morgan fingerprint density at radius 1 is 1.55 bits per heavy atom. The van der Waals surface area contributed by atoms with E-state index in [2.05, 4.69) is 11.4 Å². The molecule has 0 spiro atoms. The third kappa shape index (κ3) is 0.767. The molecule has 0 unspecified atom stereocenters. The normalized spacial score (nSPS) is 9.73. The third-order valence-corrected chi connectivity index (χ3v) is 1.43. The molecule has 1 aromatic heterocycles. The first-order valence-electron chi connectivity index (χ1n) is 3.07. The van der Waals surface area contributed by atoms with Crippen LogP contribution in [0.25, 0.3) is 11.1 Å². The molecule has 0 aliphatic carbocycles. The average molecular weight is 143 g/mol. The summed E-state index contributed by atoms with van der Waals surface area (Å²) in [6.45, 7) is 0. The summed E-state index contributed by atoms with van der Waals surface area (Å²) in [6.07, 6.45) is 2.34. The number of fused-ring (bicyclic) bond motifs is 1. The maximum atomic E-state index is 8.60. The Kier molecular flexibility index (Phi) is 1.13. The average Bonchev–Trinajstić information content (AvgIpc) is 2.50. The van der Waals surface area contributed by atoms with Crippen LogP contribution in [0.3, 0.4) is 0 Å². The van der Waals surface area contributed by atoms with Crippen LogP contribution in [0.4, 0.5) is 0 Å². The van der Waals surface area contributed by atoms with E-state index >= 15 is 0 Å². The van der Waals surface area contributed by atoms with E-state index in [0.717, 1.165) is 0 Å². The van der Waals surface area contributed by atoms with Crippen molar-refractivity contribution >= 4 is 11.1 Å². The summed E-state index contributed by atoms with van der Waals surface area (Å²) in [5.41, 5.74) is 1.68. The number of para-hydroxylation sites is 1. The molecule has 0 amide bonds. The predicted molar refractivity (Wildman–Crippen MR) is 37.6 cm³/mol. The molecule has 0 saturated heterocycles. The van der Waals surface area contributed by atoms with Crippen LogP contribution in [0, 0.1) is 17.7 Å². The van der Waals surface area contributed by atoms with Crippen LogP contribution in [0.1, 0.15) is 5.56 Å². The number of hydrogen-bond acceptors (Lipinski definition) is 3. The lowest BCUT2D eigenvalue weighted by Crippen LogP contribution is -1.73. The molecule has 0 aliphatic heterocycles. The van der Waals surface area contributed by atoms with Crippen LogP contribution in [0.15, 0.2) is 22.6 Å². The fourth-order valence-corrected chi connectivity index (χ4v) is 0.926. The lowest BCUT2D eigenvalue weighted by atomic mass is 10.2. The molecule has 0 atom stereocenters. The van der Waals surface area contributed by atoms with Crippen molar-refractivity contribution in [2.24, 2.45) is 0 Å². The Hall–Kier alpha value is -1.82. The summed E-state index contributed by atoms with van der Waals surface area (Å²) in [6, 6.07) is 7.22. The molecule has 0 saturated carbocycles. The highest BCUT2D eigenvalue weighted by Crippen LogP contribution is 2.15. The van der Waals surface area contributed by atoms with E-state index in [0.29, 0.717) is 16.7 Å². The smallest absolute Gasteiger partial charge is 0.284 e. The fourth-order valence-electron chi connectivity index (χ4n) is 0.926. The van der Waals surface area contributed by atoms with Crippen molar-refractivity contribution in [3.8, 4) is 6.07 Å². The van der Waals surface area contributed by atoms with Gasteiger partial charge in [-0.2, -0.15) is 5.26 Å². The van der Waals surface area contributed by atoms with Crippen molar-refractivity contribution in [2.75, 3.05) is 0 Å². The Balaban J connectivity index is 2.92. The fraction of sp³-hybridized carbons (Fsp3) is 0. The summed E-state index contributed by atoms with van der Waals surface area (Å²) < 4.78 is 4.88. The summed E-state index contributed by atoms with van der Waals surface area (Å²) in [7, 11) is 0. The molecule has 3 heteroatoms. The van der Waals surface area contributed by atoms with Crippen LogP contribution in [0.2, 0.25) is 0 Å². The molecule has 0 bridgehead atoms. The summed E-state index contributed by atoms with van der Waals surface area (Å²) in [5.74, 6) is 0. The van der Waals surface area contributed by atoms with Gasteiger partial charge in [0.1, 0.15) is 11.6 Å². The molecule has 1 heterocycles. The highest BCUT2D eigenvalue weighted by Gasteiger charge is 2.02. The van der Waals surface area contributed by atoms with Crippen LogP contribution in [0.5, 0.6) is 0 Å². The molecule has 3 nitrogen and oxygen atoms in total. The van der Waals surface area contributed by atoms with Crippen LogP contribution in [-0.2, 0) is 0 Å². The van der Waals surface area contributed by atoms with Crippen molar-refractivity contribution in [1.29, 1.82) is 5.26 Å². The van der Waals surface area contributed by atoms with Gasteiger partial charge in [0.25, 0.3) is 6.39 Å². The van der Waals surface area contributed by atoms with Gasteiger partial charge < -0.3 is 4.42 Å². The highest BCUT2D eigenvalue weighted by molar-refractivity contribution is 5.78. The monoisotopic (exact) mass is 143 g/mol. The second-order valence-electron chi connectivity index (χ2n) is 2.07. The molecule has 2 aromatic rings. The maximum absolute atomic E-state index is 8.60. The summed E-state index contributed by atoms with van der Waals surface area (Å²) in [5, 5.41) is 8.60. The quantitative estimate of drug-likeness (QED) is 0.561. The van der Waals surface area contributed by atoms with Gasteiger partial charge in [-0.1, -0.05) is 6.07 Å². The van der Waals surface area contributed by atoms with Crippen molar-refractivity contribution in [1.82, 2.24) is 4.98 Å². The van der Waals surface area contributed by atoms with Gasteiger partial charge in [-0.25, -0.2) is 4.98 Å². The number of aromatic nitrogens is 1. The number of nitrogens with zero attached hydrogens (tertiary/aromatic N) is 2. The van der Waals surface area contributed by atoms with E-state index in [1.807, 2.05) is 6.07 Å². The molecule has 51 valence electrons. The molecule has 0 fully saturated rings. The number of oxazole rings is 1. The van der Waals surface area contributed by atoms with E-state index in [4.69, 9.17) is 9.68 Å². The van der Waals surface area contributed by atoms with Gasteiger partial charge in [-0.15, -0.1) is 0 Å². The van der Waals surface area contributed by atoms with Crippen LogP contribution in [-0.4, -0.2) is 4.98 Å². The Morgan fingerprint density at radius 3 is 3.27 bits per heavy atom. The Morgan fingerprint density at radius 2 is 2.45 bits per heavy atom. The number of hydrogen-bond donors (Lipinski definition) is 0.